The Morgan fingerprint density at radius 1 is 1.47 bits per heavy atom. The molecule has 1 amide bonds. The fourth-order valence-electron chi connectivity index (χ4n) is 1.27. The molecule has 0 saturated heterocycles. The predicted molar refractivity (Wildman–Crippen MR) is 63.8 cm³/mol. The molecule has 15 heavy (non-hydrogen) atoms. The molecule has 84 valence electrons. The third-order valence-electron chi connectivity index (χ3n) is 2.15. The van der Waals surface area contributed by atoms with Gasteiger partial charge in [-0.25, -0.2) is 0 Å². The zero-order valence-electron chi connectivity index (χ0n) is 9.41. The minimum Gasteiger partial charge on any atom is -0.370 e. The van der Waals surface area contributed by atoms with Crippen LogP contribution in [0.5, 0.6) is 0 Å². The molecule has 0 aromatic carbocycles. The third kappa shape index (κ3) is 3.32. The molecule has 0 radical (unpaired) electrons. The average Bonchev–Trinajstić information content (AvgIpc) is 2.48. The van der Waals surface area contributed by atoms with Crippen molar-refractivity contribution in [3.05, 3.63) is 21.9 Å². The smallest absolute Gasteiger partial charge is 0.219 e. The van der Waals surface area contributed by atoms with Gasteiger partial charge in [-0.1, -0.05) is 20.8 Å². The first kappa shape index (κ1) is 12.2. The monoisotopic (exact) mass is 226 g/mol. The van der Waals surface area contributed by atoms with Crippen molar-refractivity contribution < 1.29 is 4.79 Å². The predicted octanol–water partition coefficient (Wildman–Crippen LogP) is 1.92. The number of nitrogens with two attached hydrogens (primary N) is 2. The van der Waals surface area contributed by atoms with Crippen LogP contribution in [0.4, 0.5) is 0 Å². The Morgan fingerprint density at radius 2 is 2.07 bits per heavy atom. The number of rotatable bonds is 3. The van der Waals surface area contributed by atoms with E-state index in [4.69, 9.17) is 11.5 Å². The van der Waals surface area contributed by atoms with Crippen LogP contribution in [-0.4, -0.2) is 5.91 Å². The van der Waals surface area contributed by atoms with E-state index in [1.54, 1.807) is 11.3 Å². The summed E-state index contributed by atoms with van der Waals surface area (Å²) >= 11 is 1.66. The highest BCUT2D eigenvalue weighted by Gasteiger charge is 2.18. The van der Waals surface area contributed by atoms with E-state index < -0.39 is 0 Å². The van der Waals surface area contributed by atoms with Gasteiger partial charge in [0.05, 0.1) is 0 Å². The van der Waals surface area contributed by atoms with E-state index in [0.29, 0.717) is 0 Å². The van der Waals surface area contributed by atoms with Gasteiger partial charge in [0.2, 0.25) is 5.91 Å². The van der Waals surface area contributed by atoms with E-state index in [0.717, 1.165) is 4.88 Å². The van der Waals surface area contributed by atoms with Crippen LogP contribution in [0.2, 0.25) is 0 Å². The van der Waals surface area contributed by atoms with Gasteiger partial charge in [0.25, 0.3) is 0 Å². The minimum atomic E-state index is -0.354. The molecule has 1 rings (SSSR count). The Kier molecular flexibility index (Phi) is 3.52. The molecule has 0 aliphatic heterocycles. The zero-order valence-corrected chi connectivity index (χ0v) is 10.2. The summed E-state index contributed by atoms with van der Waals surface area (Å²) in [7, 11) is 0. The molecule has 1 atom stereocenters. The first-order valence-corrected chi connectivity index (χ1v) is 5.76. The lowest BCUT2D eigenvalue weighted by Crippen LogP contribution is -2.19. The van der Waals surface area contributed by atoms with Crippen LogP contribution in [0.1, 0.15) is 43.0 Å². The quantitative estimate of drug-likeness (QED) is 0.826. The Balaban J connectivity index is 2.80. The summed E-state index contributed by atoms with van der Waals surface area (Å²) < 4.78 is 0. The van der Waals surface area contributed by atoms with Crippen LogP contribution in [0.15, 0.2) is 12.1 Å². The van der Waals surface area contributed by atoms with E-state index >= 15 is 0 Å². The van der Waals surface area contributed by atoms with Gasteiger partial charge in [0, 0.05) is 22.2 Å². The lowest BCUT2D eigenvalue weighted by atomic mass is 9.95. The van der Waals surface area contributed by atoms with Gasteiger partial charge in [-0.15, -0.1) is 11.3 Å². The third-order valence-corrected chi connectivity index (χ3v) is 3.80. The molecule has 0 spiro atoms. The van der Waals surface area contributed by atoms with Crippen molar-refractivity contribution in [1.82, 2.24) is 0 Å². The Morgan fingerprint density at radius 3 is 2.47 bits per heavy atom. The number of hydrogen-bond donors (Lipinski definition) is 2. The van der Waals surface area contributed by atoms with E-state index in [1.807, 2.05) is 6.07 Å². The number of carbonyl (C=O) groups is 1. The molecule has 0 bridgehead atoms. The van der Waals surface area contributed by atoms with Gasteiger partial charge in [0.15, 0.2) is 0 Å². The van der Waals surface area contributed by atoms with Crippen molar-refractivity contribution in [2.45, 2.75) is 38.6 Å². The maximum Gasteiger partial charge on any atom is 0.219 e. The number of amides is 1. The summed E-state index contributed by atoms with van der Waals surface area (Å²) in [6, 6.07) is 3.79. The number of primary amides is 1. The lowest BCUT2D eigenvalue weighted by molar-refractivity contribution is -0.118. The maximum atomic E-state index is 10.7. The zero-order chi connectivity index (χ0) is 11.6. The molecular weight excluding hydrogens is 208 g/mol. The van der Waals surface area contributed by atoms with Gasteiger partial charge in [-0.2, -0.15) is 0 Å². The molecule has 4 heteroatoms. The maximum absolute atomic E-state index is 10.7. The normalized spacial score (nSPS) is 13.9. The molecule has 1 aromatic rings. The second-order valence-corrected chi connectivity index (χ2v) is 5.84. The molecule has 0 saturated carbocycles. The molecule has 0 fully saturated rings. The molecule has 4 N–H and O–H groups in total. The van der Waals surface area contributed by atoms with E-state index in [9.17, 15) is 4.79 Å². The highest BCUT2D eigenvalue weighted by atomic mass is 32.1. The van der Waals surface area contributed by atoms with E-state index in [1.165, 1.54) is 4.88 Å². The summed E-state index contributed by atoms with van der Waals surface area (Å²) in [4.78, 5) is 13.0. The van der Waals surface area contributed by atoms with Gasteiger partial charge in [0.1, 0.15) is 0 Å². The van der Waals surface area contributed by atoms with Crippen LogP contribution < -0.4 is 11.5 Å². The lowest BCUT2D eigenvalue weighted by Gasteiger charge is -2.15. The van der Waals surface area contributed by atoms with E-state index in [-0.39, 0.29) is 23.8 Å². The van der Waals surface area contributed by atoms with Crippen molar-refractivity contribution >= 4 is 17.2 Å². The van der Waals surface area contributed by atoms with Gasteiger partial charge in [-0.3, -0.25) is 4.79 Å². The summed E-state index contributed by atoms with van der Waals surface area (Å²) in [5.74, 6) is -0.354. The van der Waals surface area contributed by atoms with Crippen LogP contribution in [0.25, 0.3) is 0 Å². The Labute approximate surface area is 94.5 Å². The Bertz CT molecular complexity index is 352. The van der Waals surface area contributed by atoms with Crippen LogP contribution in [0.3, 0.4) is 0 Å². The summed E-state index contributed by atoms with van der Waals surface area (Å²) in [6.45, 7) is 6.46. The van der Waals surface area contributed by atoms with Crippen LogP contribution in [0, 0.1) is 0 Å². The van der Waals surface area contributed by atoms with E-state index in [2.05, 4.69) is 26.8 Å². The molecule has 1 aromatic heterocycles. The largest absolute Gasteiger partial charge is 0.370 e. The Hall–Kier alpha value is -0.870. The van der Waals surface area contributed by atoms with Crippen molar-refractivity contribution in [2.75, 3.05) is 0 Å². The molecule has 0 unspecified atom stereocenters. The fourth-order valence-corrected chi connectivity index (χ4v) is 2.34. The van der Waals surface area contributed by atoms with Crippen molar-refractivity contribution in [1.29, 1.82) is 0 Å². The minimum absolute atomic E-state index is 0.134. The molecule has 0 aliphatic rings. The fraction of sp³-hybridized carbons (Fsp3) is 0.545. The van der Waals surface area contributed by atoms with Gasteiger partial charge < -0.3 is 11.5 Å². The topological polar surface area (TPSA) is 69.1 Å². The standard InChI is InChI=1S/C11H18N2OS/c1-11(2,3)9-5-4-8(15-9)7(12)6-10(13)14/h4-5,7H,6,12H2,1-3H3,(H2,13,14)/t7-/m0/s1. The van der Waals surface area contributed by atoms with Crippen molar-refractivity contribution in [3.63, 3.8) is 0 Å². The van der Waals surface area contributed by atoms with Gasteiger partial charge in [-0.05, 0) is 17.5 Å². The summed E-state index contributed by atoms with van der Waals surface area (Å²) in [6.07, 6.45) is 0.212. The number of thiophene rings is 1. The molecular formula is C11H18N2OS. The number of hydrogen-bond acceptors (Lipinski definition) is 3. The van der Waals surface area contributed by atoms with Crippen molar-refractivity contribution in [2.24, 2.45) is 11.5 Å². The highest BCUT2D eigenvalue weighted by molar-refractivity contribution is 7.12. The summed E-state index contributed by atoms with van der Waals surface area (Å²) in [5.41, 5.74) is 11.1. The second-order valence-electron chi connectivity index (χ2n) is 4.73. The first-order valence-electron chi connectivity index (χ1n) is 4.95. The molecule has 0 aliphatic carbocycles. The number of carbonyl (C=O) groups excluding carboxylic acids is 1. The first-order chi connectivity index (χ1) is 6.80. The summed E-state index contributed by atoms with van der Waals surface area (Å²) in [5, 5.41) is 0. The van der Waals surface area contributed by atoms with Crippen LogP contribution in [-0.2, 0) is 10.2 Å². The SMILES string of the molecule is CC(C)(C)c1ccc([C@@H](N)CC(N)=O)s1. The van der Waals surface area contributed by atoms with Crippen molar-refractivity contribution in [3.8, 4) is 0 Å². The van der Waals surface area contributed by atoms with Crippen LogP contribution >= 0.6 is 11.3 Å². The average molecular weight is 226 g/mol. The highest BCUT2D eigenvalue weighted by Crippen LogP contribution is 2.32. The molecule has 3 nitrogen and oxygen atoms in total. The second kappa shape index (κ2) is 4.33. The molecule has 1 heterocycles. The van der Waals surface area contributed by atoms with Gasteiger partial charge >= 0.3 is 0 Å².